The minimum absolute atomic E-state index is 0.0637. The quantitative estimate of drug-likeness (QED) is 0.419. The van der Waals surface area contributed by atoms with Crippen LogP contribution in [0.4, 0.5) is 0 Å². The summed E-state index contributed by atoms with van der Waals surface area (Å²) in [6.07, 6.45) is 5.26. The van der Waals surface area contributed by atoms with E-state index in [2.05, 4.69) is 6.92 Å². The van der Waals surface area contributed by atoms with Gasteiger partial charge in [0.05, 0.1) is 20.3 Å². The second-order valence-corrected chi connectivity index (χ2v) is 6.04. The summed E-state index contributed by atoms with van der Waals surface area (Å²) in [5.41, 5.74) is 2.58. The number of ether oxygens (including phenoxy) is 3. The summed E-state index contributed by atoms with van der Waals surface area (Å²) in [6, 6.07) is 11.0. The number of carbonyl (C=O) groups is 1. The van der Waals surface area contributed by atoms with Crippen LogP contribution in [-0.4, -0.2) is 26.1 Å². The zero-order valence-electron chi connectivity index (χ0n) is 16.6. The molecule has 0 saturated heterocycles. The maximum Gasteiger partial charge on any atom is 0.185 e. The number of methoxy groups -OCH3 is 1. The van der Waals surface area contributed by atoms with Gasteiger partial charge in [0.25, 0.3) is 0 Å². The summed E-state index contributed by atoms with van der Waals surface area (Å²) >= 11 is 0. The molecule has 0 bridgehead atoms. The molecule has 2 rings (SSSR count). The van der Waals surface area contributed by atoms with E-state index in [4.69, 9.17) is 14.2 Å². The largest absolute Gasteiger partial charge is 0.497 e. The van der Waals surface area contributed by atoms with Crippen molar-refractivity contribution in [3.8, 4) is 17.2 Å². The van der Waals surface area contributed by atoms with Gasteiger partial charge in [0.2, 0.25) is 0 Å². The molecule has 0 aliphatic carbocycles. The first-order chi connectivity index (χ1) is 13.1. The van der Waals surface area contributed by atoms with Gasteiger partial charge >= 0.3 is 0 Å². The third kappa shape index (κ3) is 5.61. The molecule has 0 unspecified atom stereocenters. The van der Waals surface area contributed by atoms with Crippen molar-refractivity contribution in [1.29, 1.82) is 0 Å². The van der Waals surface area contributed by atoms with Crippen LogP contribution in [0.25, 0.3) is 6.08 Å². The standard InChI is InChI=1S/C23H28O4/c1-5-8-20-22(26-6-2)15-17(16-23(20)27-7-3)9-14-21(24)18-10-12-19(25-4)13-11-18/h9-16H,5-8H2,1-4H3/b14-9+. The molecular weight excluding hydrogens is 340 g/mol. The first-order valence-corrected chi connectivity index (χ1v) is 9.41. The summed E-state index contributed by atoms with van der Waals surface area (Å²) in [4.78, 5) is 12.4. The molecule has 0 spiro atoms. The van der Waals surface area contributed by atoms with Crippen molar-refractivity contribution in [2.75, 3.05) is 20.3 Å². The lowest BCUT2D eigenvalue weighted by molar-refractivity contribution is 0.104. The SMILES string of the molecule is CCCc1c(OCC)cc(/C=C/C(=O)c2ccc(OC)cc2)cc1OCC. The zero-order chi connectivity index (χ0) is 19.6. The Morgan fingerprint density at radius 1 is 0.963 bits per heavy atom. The highest BCUT2D eigenvalue weighted by atomic mass is 16.5. The molecule has 0 heterocycles. The lowest BCUT2D eigenvalue weighted by Gasteiger charge is -2.16. The van der Waals surface area contributed by atoms with Crippen molar-refractivity contribution in [2.45, 2.75) is 33.6 Å². The highest BCUT2D eigenvalue weighted by Crippen LogP contribution is 2.33. The first-order valence-electron chi connectivity index (χ1n) is 9.41. The van der Waals surface area contributed by atoms with Crippen molar-refractivity contribution in [2.24, 2.45) is 0 Å². The highest BCUT2D eigenvalue weighted by Gasteiger charge is 2.12. The molecule has 0 saturated carbocycles. The third-order valence-corrected chi connectivity index (χ3v) is 4.09. The van der Waals surface area contributed by atoms with Crippen molar-refractivity contribution < 1.29 is 19.0 Å². The molecule has 0 amide bonds. The molecule has 27 heavy (non-hydrogen) atoms. The smallest absolute Gasteiger partial charge is 0.185 e. The van der Waals surface area contributed by atoms with Crippen molar-refractivity contribution >= 4 is 11.9 Å². The molecule has 0 aromatic heterocycles. The summed E-state index contributed by atoms with van der Waals surface area (Å²) in [7, 11) is 1.60. The fraction of sp³-hybridized carbons (Fsp3) is 0.348. The van der Waals surface area contributed by atoms with Gasteiger partial charge in [-0.05, 0) is 68.3 Å². The maximum absolute atomic E-state index is 12.4. The summed E-state index contributed by atoms with van der Waals surface area (Å²) in [6.45, 7) is 7.23. The van der Waals surface area contributed by atoms with E-state index in [0.29, 0.717) is 18.8 Å². The normalized spacial score (nSPS) is 10.8. The van der Waals surface area contributed by atoms with Crippen LogP contribution in [0.3, 0.4) is 0 Å². The number of hydrogen-bond donors (Lipinski definition) is 0. The van der Waals surface area contributed by atoms with E-state index in [9.17, 15) is 4.79 Å². The number of benzene rings is 2. The molecule has 0 aliphatic heterocycles. The Balaban J connectivity index is 2.30. The summed E-state index contributed by atoms with van der Waals surface area (Å²) < 4.78 is 16.8. The van der Waals surface area contributed by atoms with Crippen LogP contribution < -0.4 is 14.2 Å². The average molecular weight is 368 g/mol. The van der Waals surface area contributed by atoms with E-state index < -0.39 is 0 Å². The average Bonchev–Trinajstić information content (AvgIpc) is 2.69. The fourth-order valence-corrected chi connectivity index (χ4v) is 2.82. The van der Waals surface area contributed by atoms with Gasteiger partial charge in [0.15, 0.2) is 5.78 Å². The van der Waals surface area contributed by atoms with Crippen LogP contribution in [-0.2, 0) is 6.42 Å². The van der Waals surface area contributed by atoms with Gasteiger partial charge in [-0.15, -0.1) is 0 Å². The van der Waals surface area contributed by atoms with Gasteiger partial charge in [-0.25, -0.2) is 0 Å². The first kappa shape index (κ1) is 20.6. The summed E-state index contributed by atoms with van der Waals surface area (Å²) in [5, 5.41) is 0. The predicted molar refractivity (Wildman–Crippen MR) is 109 cm³/mol. The molecule has 0 aliphatic rings. The lowest BCUT2D eigenvalue weighted by atomic mass is 10.0. The van der Waals surface area contributed by atoms with Crippen molar-refractivity contribution in [1.82, 2.24) is 0 Å². The molecule has 0 N–H and O–H groups in total. The molecule has 144 valence electrons. The van der Waals surface area contributed by atoms with Gasteiger partial charge in [0, 0.05) is 11.1 Å². The lowest BCUT2D eigenvalue weighted by Crippen LogP contribution is -2.02. The number of allylic oxidation sites excluding steroid dienone is 1. The summed E-state index contributed by atoms with van der Waals surface area (Å²) in [5.74, 6) is 2.31. The third-order valence-electron chi connectivity index (χ3n) is 4.09. The predicted octanol–water partition coefficient (Wildman–Crippen LogP) is 5.34. The Morgan fingerprint density at radius 2 is 1.56 bits per heavy atom. The van der Waals surface area contributed by atoms with E-state index in [0.717, 1.165) is 41.2 Å². The monoisotopic (exact) mass is 368 g/mol. The molecule has 2 aromatic rings. The topological polar surface area (TPSA) is 44.8 Å². The maximum atomic E-state index is 12.4. The van der Waals surface area contributed by atoms with Gasteiger partial charge < -0.3 is 14.2 Å². The molecule has 0 fully saturated rings. The minimum atomic E-state index is -0.0637. The number of rotatable bonds is 10. The van der Waals surface area contributed by atoms with Gasteiger partial charge in [-0.3, -0.25) is 4.79 Å². The van der Waals surface area contributed by atoms with E-state index >= 15 is 0 Å². The Morgan fingerprint density at radius 3 is 2.04 bits per heavy atom. The zero-order valence-corrected chi connectivity index (χ0v) is 16.6. The van der Waals surface area contributed by atoms with Crippen molar-refractivity contribution in [3.05, 3.63) is 59.2 Å². The van der Waals surface area contributed by atoms with Crippen LogP contribution in [0, 0.1) is 0 Å². The van der Waals surface area contributed by atoms with Gasteiger partial charge in [0.1, 0.15) is 17.2 Å². The number of ketones is 1. The minimum Gasteiger partial charge on any atom is -0.497 e. The van der Waals surface area contributed by atoms with E-state index in [1.54, 1.807) is 43.5 Å². The Labute approximate surface area is 161 Å². The number of hydrogen-bond acceptors (Lipinski definition) is 4. The van der Waals surface area contributed by atoms with Gasteiger partial charge in [-0.2, -0.15) is 0 Å². The van der Waals surface area contributed by atoms with Crippen molar-refractivity contribution in [3.63, 3.8) is 0 Å². The van der Waals surface area contributed by atoms with E-state index in [1.807, 2.05) is 26.0 Å². The van der Waals surface area contributed by atoms with Crippen LogP contribution in [0.15, 0.2) is 42.5 Å². The highest BCUT2D eigenvalue weighted by molar-refractivity contribution is 6.06. The van der Waals surface area contributed by atoms with Crippen LogP contribution in [0.5, 0.6) is 17.2 Å². The molecular formula is C23H28O4. The molecule has 0 atom stereocenters. The van der Waals surface area contributed by atoms with Crippen LogP contribution in [0.2, 0.25) is 0 Å². The second-order valence-electron chi connectivity index (χ2n) is 6.04. The van der Waals surface area contributed by atoms with E-state index in [1.165, 1.54) is 0 Å². The molecule has 0 radical (unpaired) electrons. The van der Waals surface area contributed by atoms with Crippen LogP contribution in [0.1, 0.15) is 48.7 Å². The molecule has 4 heteroatoms. The molecule has 4 nitrogen and oxygen atoms in total. The Hall–Kier alpha value is -2.75. The fourth-order valence-electron chi connectivity index (χ4n) is 2.82. The van der Waals surface area contributed by atoms with Crippen LogP contribution >= 0.6 is 0 Å². The Bertz CT molecular complexity index is 748. The number of carbonyl (C=O) groups excluding carboxylic acids is 1. The molecule has 2 aromatic carbocycles. The second kappa shape index (κ2) is 10.4. The van der Waals surface area contributed by atoms with Gasteiger partial charge in [-0.1, -0.05) is 19.4 Å². The van der Waals surface area contributed by atoms with E-state index in [-0.39, 0.29) is 5.78 Å². The Kier molecular flexibility index (Phi) is 7.93.